The number of hydrogen-bond donors (Lipinski definition) is 0. The van der Waals surface area contributed by atoms with Crippen LogP contribution in [0.2, 0.25) is 0 Å². The van der Waals surface area contributed by atoms with Crippen LogP contribution in [0.25, 0.3) is 74.0 Å². The molecule has 0 N–H and O–H groups in total. The van der Waals surface area contributed by atoms with E-state index < -0.39 is 0 Å². The molecule has 2 aromatic heterocycles. The third-order valence-corrected chi connectivity index (χ3v) is 12.0. The molecule has 0 saturated carbocycles. The molecule has 4 heteroatoms. The highest BCUT2D eigenvalue weighted by Gasteiger charge is 2.20. The molecule has 2 heterocycles. The highest BCUT2D eigenvalue weighted by Crippen LogP contribution is 2.47. The van der Waals surface area contributed by atoms with Crippen molar-refractivity contribution in [2.24, 2.45) is 0 Å². The molecule has 0 aliphatic rings. The number of thiazole rings is 1. The maximum Gasteiger partial charge on any atom is 0.124 e. The second-order valence-corrected chi connectivity index (χ2v) is 14.9. The Bertz CT molecular complexity index is 2830. The second kappa shape index (κ2) is 12.4. The lowest BCUT2D eigenvalue weighted by molar-refractivity contribution is 1.30. The van der Waals surface area contributed by atoms with E-state index in [1.165, 1.54) is 63.6 Å². The predicted molar refractivity (Wildman–Crippen MR) is 221 cm³/mol. The molecule has 2 nitrogen and oxygen atoms in total. The molecule has 0 unspecified atom stereocenters. The Hall–Kier alpha value is -6.07. The zero-order chi connectivity index (χ0) is 33.7. The van der Waals surface area contributed by atoms with Gasteiger partial charge in [-0.05, 0) is 75.5 Å². The van der Waals surface area contributed by atoms with Gasteiger partial charge in [-0.15, -0.1) is 22.7 Å². The third-order valence-electron chi connectivity index (χ3n) is 9.71. The highest BCUT2D eigenvalue weighted by molar-refractivity contribution is 7.27. The molecule has 0 aliphatic heterocycles. The molecule has 240 valence electrons. The molecule has 0 amide bonds. The van der Waals surface area contributed by atoms with E-state index in [4.69, 9.17) is 4.98 Å². The molecule has 0 atom stereocenters. The van der Waals surface area contributed by atoms with E-state index in [9.17, 15) is 0 Å². The molecule has 0 aliphatic carbocycles. The van der Waals surface area contributed by atoms with E-state index in [0.29, 0.717) is 0 Å². The Morgan fingerprint density at radius 3 is 1.78 bits per heavy atom. The number of rotatable bonds is 6. The lowest BCUT2D eigenvalue weighted by Crippen LogP contribution is -2.10. The summed E-state index contributed by atoms with van der Waals surface area (Å²) in [5, 5.41) is 6.08. The van der Waals surface area contributed by atoms with Gasteiger partial charge >= 0.3 is 0 Å². The maximum absolute atomic E-state index is 5.07. The van der Waals surface area contributed by atoms with Gasteiger partial charge in [0.05, 0.1) is 20.6 Å². The van der Waals surface area contributed by atoms with E-state index in [-0.39, 0.29) is 0 Å². The topological polar surface area (TPSA) is 16.1 Å². The van der Waals surface area contributed by atoms with Crippen molar-refractivity contribution >= 4 is 80.9 Å². The van der Waals surface area contributed by atoms with E-state index in [0.717, 1.165) is 27.5 Å². The summed E-state index contributed by atoms with van der Waals surface area (Å²) in [5.74, 6) is 0. The van der Waals surface area contributed by atoms with Crippen LogP contribution in [0.1, 0.15) is 0 Å². The van der Waals surface area contributed by atoms with Crippen molar-refractivity contribution in [2.75, 3.05) is 4.90 Å². The van der Waals surface area contributed by atoms with Gasteiger partial charge in [0.2, 0.25) is 0 Å². The SMILES string of the molecule is c1ccc(-c2ccc(N(c3ccc(-c4cccc5ccccc45)cc3)c3cccc4c3sc3cc5sc(-c6ccccc6)nc5cc34)cc2)cc1. The van der Waals surface area contributed by atoms with E-state index in [1.807, 2.05) is 11.3 Å². The Balaban J connectivity index is 1.12. The van der Waals surface area contributed by atoms with E-state index >= 15 is 0 Å². The molecule has 0 spiro atoms. The number of thiophene rings is 1. The molecule has 10 rings (SSSR count). The van der Waals surface area contributed by atoms with Crippen molar-refractivity contribution in [3.05, 3.63) is 182 Å². The average Bonchev–Trinajstić information content (AvgIpc) is 3.79. The summed E-state index contributed by atoms with van der Waals surface area (Å²) in [6.45, 7) is 0. The first-order valence-electron chi connectivity index (χ1n) is 17.1. The first kappa shape index (κ1) is 29.8. The van der Waals surface area contributed by atoms with Crippen LogP contribution in [0.15, 0.2) is 182 Å². The van der Waals surface area contributed by atoms with Gasteiger partial charge in [-0.1, -0.05) is 140 Å². The Labute approximate surface area is 304 Å². The number of nitrogens with zero attached hydrogens (tertiary/aromatic N) is 2. The van der Waals surface area contributed by atoms with Gasteiger partial charge in [0.15, 0.2) is 0 Å². The van der Waals surface area contributed by atoms with Crippen LogP contribution in [0.4, 0.5) is 17.1 Å². The van der Waals surface area contributed by atoms with Crippen LogP contribution in [0.3, 0.4) is 0 Å². The van der Waals surface area contributed by atoms with Gasteiger partial charge in [-0.3, -0.25) is 0 Å². The van der Waals surface area contributed by atoms with Crippen molar-refractivity contribution < 1.29 is 0 Å². The first-order chi connectivity index (χ1) is 25.3. The first-order valence-corrected chi connectivity index (χ1v) is 18.8. The summed E-state index contributed by atoms with van der Waals surface area (Å²) in [6, 6.07) is 65.6. The molecule has 0 radical (unpaired) electrons. The third kappa shape index (κ3) is 5.28. The van der Waals surface area contributed by atoms with E-state index in [2.05, 4.69) is 187 Å². The summed E-state index contributed by atoms with van der Waals surface area (Å²) < 4.78 is 3.75. The van der Waals surface area contributed by atoms with Crippen molar-refractivity contribution in [1.29, 1.82) is 0 Å². The summed E-state index contributed by atoms with van der Waals surface area (Å²) in [6.07, 6.45) is 0. The summed E-state index contributed by atoms with van der Waals surface area (Å²) in [4.78, 5) is 7.48. The summed E-state index contributed by atoms with van der Waals surface area (Å²) in [5.41, 5.74) is 10.5. The van der Waals surface area contributed by atoms with Crippen LogP contribution in [0, 0.1) is 0 Å². The van der Waals surface area contributed by atoms with Crippen molar-refractivity contribution in [3.63, 3.8) is 0 Å². The minimum absolute atomic E-state index is 1.05. The Morgan fingerprint density at radius 1 is 0.412 bits per heavy atom. The number of fused-ring (bicyclic) bond motifs is 5. The fourth-order valence-electron chi connectivity index (χ4n) is 7.21. The summed E-state index contributed by atoms with van der Waals surface area (Å²) >= 11 is 3.63. The molecule has 0 bridgehead atoms. The zero-order valence-electron chi connectivity index (χ0n) is 27.5. The average molecular weight is 687 g/mol. The number of aromatic nitrogens is 1. The fourth-order valence-corrected chi connectivity index (χ4v) is 9.51. The molecular weight excluding hydrogens is 657 g/mol. The Kier molecular flexibility index (Phi) is 7.23. The number of anilines is 3. The monoisotopic (exact) mass is 686 g/mol. The smallest absolute Gasteiger partial charge is 0.124 e. The number of benzene rings is 8. The highest BCUT2D eigenvalue weighted by atomic mass is 32.1. The molecule has 8 aromatic carbocycles. The predicted octanol–water partition coefficient (Wildman–Crippen LogP) is 14.3. The molecule has 10 aromatic rings. The van der Waals surface area contributed by atoms with Crippen LogP contribution >= 0.6 is 22.7 Å². The van der Waals surface area contributed by atoms with Gasteiger partial charge in [-0.2, -0.15) is 0 Å². The second-order valence-electron chi connectivity index (χ2n) is 12.8. The normalized spacial score (nSPS) is 11.5. The minimum atomic E-state index is 1.05. The van der Waals surface area contributed by atoms with Crippen LogP contribution in [-0.2, 0) is 0 Å². The van der Waals surface area contributed by atoms with E-state index in [1.54, 1.807) is 11.3 Å². The minimum Gasteiger partial charge on any atom is -0.309 e. The largest absolute Gasteiger partial charge is 0.309 e. The molecule has 0 saturated heterocycles. The van der Waals surface area contributed by atoms with Crippen molar-refractivity contribution in [3.8, 4) is 32.8 Å². The maximum atomic E-state index is 5.07. The lowest BCUT2D eigenvalue weighted by Gasteiger charge is -2.26. The molecule has 51 heavy (non-hydrogen) atoms. The zero-order valence-corrected chi connectivity index (χ0v) is 29.2. The Morgan fingerprint density at radius 2 is 1.02 bits per heavy atom. The molecule has 0 fully saturated rings. The quantitative estimate of drug-likeness (QED) is 0.173. The van der Waals surface area contributed by atoms with Gasteiger partial charge in [0.25, 0.3) is 0 Å². The molecular formula is C47H30N2S2. The van der Waals surface area contributed by atoms with Gasteiger partial charge in [-0.25, -0.2) is 4.98 Å². The van der Waals surface area contributed by atoms with Gasteiger partial charge in [0.1, 0.15) is 5.01 Å². The van der Waals surface area contributed by atoms with Crippen molar-refractivity contribution in [1.82, 2.24) is 4.98 Å². The standard InChI is InChI=1S/C47H30N2S2/c1-3-11-31(12-4-1)32-21-25-36(26-22-32)49(37-27-23-34(24-28-37)39-18-9-16-33-13-7-8-17-38(33)39)43-20-10-19-40-41-29-42-45(30-44(41)50-46(40)43)51-47(48-42)35-14-5-2-6-15-35/h1-30H. The van der Waals surface area contributed by atoms with Gasteiger partial charge in [0, 0.05) is 32.4 Å². The van der Waals surface area contributed by atoms with Crippen LogP contribution < -0.4 is 4.90 Å². The van der Waals surface area contributed by atoms with Crippen LogP contribution in [0.5, 0.6) is 0 Å². The van der Waals surface area contributed by atoms with Crippen LogP contribution in [-0.4, -0.2) is 4.98 Å². The fraction of sp³-hybridized carbons (Fsp3) is 0. The van der Waals surface area contributed by atoms with Crippen molar-refractivity contribution in [2.45, 2.75) is 0 Å². The summed E-state index contributed by atoms with van der Waals surface area (Å²) in [7, 11) is 0. The number of hydrogen-bond acceptors (Lipinski definition) is 4. The van der Waals surface area contributed by atoms with Gasteiger partial charge < -0.3 is 4.90 Å². The lowest BCUT2D eigenvalue weighted by atomic mass is 9.98.